The lowest BCUT2D eigenvalue weighted by molar-refractivity contribution is 0.593. The predicted octanol–water partition coefficient (Wildman–Crippen LogP) is 3.32. The number of aromatic nitrogens is 4. The van der Waals surface area contributed by atoms with Crippen molar-refractivity contribution in [2.75, 3.05) is 4.72 Å². The third-order valence-electron chi connectivity index (χ3n) is 3.38. The first kappa shape index (κ1) is 16.8. The van der Waals surface area contributed by atoms with E-state index in [1.807, 2.05) is 26.0 Å². The lowest BCUT2D eigenvalue weighted by atomic mass is 10.3. The first-order valence-electron chi connectivity index (χ1n) is 6.84. The molecule has 3 aromatic rings. The Labute approximate surface area is 148 Å². The standard InChI is InChI=1S/C14H13Cl2N5O2S/c1-8-6-7-9(2)21(8)13-17-14(19-18-13)24(22,23)20-12-10(15)4-3-5-11(12)16/h3-7,20H,1-2H3,(H,17,18,19). The van der Waals surface area contributed by atoms with Crippen LogP contribution in [0.2, 0.25) is 10.0 Å². The van der Waals surface area contributed by atoms with Crippen LogP contribution in [-0.2, 0) is 10.0 Å². The summed E-state index contributed by atoms with van der Waals surface area (Å²) in [6.45, 7) is 3.75. The Bertz CT molecular complexity index is 970. The Kier molecular flexibility index (Phi) is 4.29. The van der Waals surface area contributed by atoms with Gasteiger partial charge in [-0.05, 0) is 38.1 Å². The number of nitrogens with zero attached hydrogens (tertiary/aromatic N) is 3. The highest BCUT2D eigenvalue weighted by molar-refractivity contribution is 7.92. The largest absolute Gasteiger partial charge is 0.297 e. The van der Waals surface area contributed by atoms with Gasteiger partial charge in [-0.2, -0.15) is 13.4 Å². The van der Waals surface area contributed by atoms with Gasteiger partial charge in [0, 0.05) is 11.4 Å². The molecular formula is C14H13Cl2N5O2S. The molecule has 1 aromatic carbocycles. The van der Waals surface area contributed by atoms with Crippen molar-refractivity contribution in [3.05, 3.63) is 51.8 Å². The van der Waals surface area contributed by atoms with Gasteiger partial charge < -0.3 is 0 Å². The van der Waals surface area contributed by atoms with Gasteiger partial charge in [-0.3, -0.25) is 9.29 Å². The molecule has 0 unspecified atom stereocenters. The fraction of sp³-hybridized carbons (Fsp3) is 0.143. The van der Waals surface area contributed by atoms with E-state index in [4.69, 9.17) is 23.2 Å². The number of benzene rings is 1. The summed E-state index contributed by atoms with van der Waals surface area (Å²) in [4.78, 5) is 4.06. The van der Waals surface area contributed by atoms with Crippen LogP contribution in [0.25, 0.3) is 5.95 Å². The second-order valence-corrected chi connectivity index (χ2v) is 7.51. The Morgan fingerprint density at radius 3 is 2.25 bits per heavy atom. The van der Waals surface area contributed by atoms with Gasteiger partial charge in [0.2, 0.25) is 0 Å². The van der Waals surface area contributed by atoms with Crippen LogP contribution >= 0.6 is 23.2 Å². The second-order valence-electron chi connectivity index (χ2n) is 5.09. The fourth-order valence-electron chi connectivity index (χ4n) is 2.22. The molecule has 0 saturated heterocycles. The lowest BCUT2D eigenvalue weighted by Crippen LogP contribution is -2.15. The summed E-state index contributed by atoms with van der Waals surface area (Å²) >= 11 is 12.0. The van der Waals surface area contributed by atoms with Crippen molar-refractivity contribution in [1.82, 2.24) is 19.7 Å². The van der Waals surface area contributed by atoms with Gasteiger partial charge in [-0.1, -0.05) is 29.3 Å². The molecule has 24 heavy (non-hydrogen) atoms. The number of sulfonamides is 1. The number of aromatic amines is 1. The van der Waals surface area contributed by atoms with E-state index in [0.717, 1.165) is 11.4 Å². The third-order valence-corrected chi connectivity index (χ3v) is 5.17. The summed E-state index contributed by atoms with van der Waals surface area (Å²) in [6.07, 6.45) is 0. The van der Waals surface area contributed by atoms with E-state index in [1.165, 1.54) is 12.1 Å². The molecule has 2 aromatic heterocycles. The van der Waals surface area contributed by atoms with Gasteiger partial charge >= 0.3 is 0 Å². The van der Waals surface area contributed by atoms with Gasteiger partial charge in [-0.15, -0.1) is 5.10 Å². The monoisotopic (exact) mass is 385 g/mol. The molecule has 0 bridgehead atoms. The Morgan fingerprint density at radius 2 is 1.67 bits per heavy atom. The minimum Gasteiger partial charge on any atom is -0.286 e. The molecule has 0 spiro atoms. The first-order valence-corrected chi connectivity index (χ1v) is 9.08. The number of hydrogen-bond donors (Lipinski definition) is 2. The highest BCUT2D eigenvalue weighted by Gasteiger charge is 2.23. The zero-order valence-corrected chi connectivity index (χ0v) is 15.0. The maximum atomic E-state index is 12.5. The number of halogens is 2. The van der Waals surface area contributed by atoms with Crippen LogP contribution in [0, 0.1) is 13.8 Å². The summed E-state index contributed by atoms with van der Waals surface area (Å²) in [5.74, 6) is 0.237. The molecule has 0 radical (unpaired) electrons. The molecule has 126 valence electrons. The molecule has 0 fully saturated rings. The summed E-state index contributed by atoms with van der Waals surface area (Å²) < 4.78 is 29.0. The molecule has 10 heteroatoms. The number of H-pyrrole nitrogens is 1. The molecule has 0 saturated carbocycles. The number of aryl methyl sites for hydroxylation is 2. The highest BCUT2D eigenvalue weighted by atomic mass is 35.5. The summed E-state index contributed by atoms with van der Waals surface area (Å²) in [5.41, 5.74) is 1.86. The Morgan fingerprint density at radius 1 is 1.08 bits per heavy atom. The molecular weight excluding hydrogens is 373 g/mol. The molecule has 3 rings (SSSR count). The maximum Gasteiger partial charge on any atom is 0.297 e. The van der Waals surface area contributed by atoms with Gasteiger partial charge in [0.05, 0.1) is 15.7 Å². The minimum atomic E-state index is -4.02. The Balaban J connectivity index is 1.97. The molecule has 7 nitrogen and oxygen atoms in total. The van der Waals surface area contributed by atoms with E-state index in [2.05, 4.69) is 19.9 Å². The fourth-order valence-corrected chi connectivity index (χ4v) is 3.78. The summed E-state index contributed by atoms with van der Waals surface area (Å²) in [6, 6.07) is 8.46. The van der Waals surface area contributed by atoms with Crippen molar-refractivity contribution in [1.29, 1.82) is 0 Å². The smallest absolute Gasteiger partial charge is 0.286 e. The van der Waals surface area contributed by atoms with Crippen molar-refractivity contribution in [3.63, 3.8) is 0 Å². The van der Waals surface area contributed by atoms with Crippen LogP contribution in [0.15, 0.2) is 35.5 Å². The number of hydrogen-bond acceptors (Lipinski definition) is 4. The van der Waals surface area contributed by atoms with E-state index in [0.29, 0.717) is 0 Å². The molecule has 2 heterocycles. The average Bonchev–Trinajstić information content (AvgIpc) is 3.11. The van der Waals surface area contributed by atoms with Crippen LogP contribution in [0.4, 0.5) is 5.69 Å². The van der Waals surface area contributed by atoms with Crippen molar-refractivity contribution in [2.24, 2.45) is 0 Å². The van der Waals surface area contributed by atoms with Gasteiger partial charge in [0.25, 0.3) is 21.1 Å². The average molecular weight is 386 g/mol. The SMILES string of the molecule is Cc1ccc(C)n1-c1n[nH]c(S(=O)(=O)Nc2c(Cl)cccc2Cl)n1. The molecule has 0 aliphatic carbocycles. The van der Waals surface area contributed by atoms with Crippen LogP contribution in [0.1, 0.15) is 11.4 Å². The first-order chi connectivity index (χ1) is 11.3. The predicted molar refractivity (Wildman–Crippen MR) is 92.5 cm³/mol. The van der Waals surface area contributed by atoms with Crippen molar-refractivity contribution < 1.29 is 8.42 Å². The third kappa shape index (κ3) is 3.00. The number of anilines is 1. The van der Waals surface area contributed by atoms with Crippen molar-refractivity contribution in [2.45, 2.75) is 19.0 Å². The van der Waals surface area contributed by atoms with Gasteiger partial charge in [-0.25, -0.2) is 5.10 Å². The highest BCUT2D eigenvalue weighted by Crippen LogP contribution is 2.31. The van der Waals surface area contributed by atoms with E-state index >= 15 is 0 Å². The quantitative estimate of drug-likeness (QED) is 0.720. The Hall–Kier alpha value is -2.03. The van der Waals surface area contributed by atoms with Gasteiger partial charge in [0.15, 0.2) is 0 Å². The minimum absolute atomic E-state index is 0.0899. The van der Waals surface area contributed by atoms with Crippen LogP contribution in [0.5, 0.6) is 0 Å². The molecule has 0 aliphatic heterocycles. The number of para-hydroxylation sites is 1. The van der Waals surface area contributed by atoms with Crippen molar-refractivity contribution >= 4 is 38.9 Å². The van der Waals surface area contributed by atoms with Crippen LogP contribution in [0.3, 0.4) is 0 Å². The van der Waals surface area contributed by atoms with E-state index in [-0.39, 0.29) is 26.8 Å². The normalized spacial score (nSPS) is 11.7. The lowest BCUT2D eigenvalue weighted by Gasteiger charge is -2.08. The molecule has 0 atom stereocenters. The van der Waals surface area contributed by atoms with E-state index in [9.17, 15) is 8.42 Å². The molecule has 0 aliphatic rings. The van der Waals surface area contributed by atoms with E-state index in [1.54, 1.807) is 10.6 Å². The zero-order valence-electron chi connectivity index (χ0n) is 12.7. The van der Waals surface area contributed by atoms with E-state index < -0.39 is 10.0 Å². The second kappa shape index (κ2) is 6.12. The number of rotatable bonds is 4. The molecule has 0 amide bonds. The summed E-state index contributed by atoms with van der Waals surface area (Å²) in [7, 11) is -4.02. The maximum absolute atomic E-state index is 12.5. The zero-order chi connectivity index (χ0) is 17.5. The van der Waals surface area contributed by atoms with Crippen LogP contribution < -0.4 is 4.72 Å². The molecule has 2 N–H and O–H groups in total. The topological polar surface area (TPSA) is 92.7 Å². The summed E-state index contributed by atoms with van der Waals surface area (Å²) in [5, 5.41) is 6.44. The number of nitrogens with one attached hydrogen (secondary N) is 2. The van der Waals surface area contributed by atoms with Crippen LogP contribution in [-0.4, -0.2) is 28.2 Å². The van der Waals surface area contributed by atoms with Crippen molar-refractivity contribution in [3.8, 4) is 5.95 Å². The van der Waals surface area contributed by atoms with Gasteiger partial charge in [0.1, 0.15) is 0 Å².